The zero-order valence-electron chi connectivity index (χ0n) is 34.9. The summed E-state index contributed by atoms with van der Waals surface area (Å²) in [5, 5.41) is 11.4. The first-order valence-corrected chi connectivity index (χ1v) is 24.5. The summed E-state index contributed by atoms with van der Waals surface area (Å²) in [7, 11) is -8.56. The second-order valence-electron chi connectivity index (χ2n) is 15.9. The van der Waals surface area contributed by atoms with Gasteiger partial charge in [-0.1, -0.05) is 29.6 Å². The Kier molecular flexibility index (Phi) is 16.1. The number of hydrogen-bond acceptors (Lipinski definition) is 7. The Morgan fingerprint density at radius 2 is 1.05 bits per heavy atom. The molecule has 2 saturated heterocycles. The van der Waals surface area contributed by atoms with Crippen molar-refractivity contribution in [1.29, 1.82) is 0 Å². The van der Waals surface area contributed by atoms with Gasteiger partial charge in [-0.25, -0.2) is 16.8 Å². The van der Waals surface area contributed by atoms with E-state index in [-0.39, 0.29) is 32.0 Å². The fourth-order valence-electron chi connectivity index (χ4n) is 8.30. The fraction of sp³-hybridized carbons (Fsp3) is 0.476. The van der Waals surface area contributed by atoms with Crippen LogP contribution in [0.1, 0.15) is 86.0 Å². The highest BCUT2D eigenvalue weighted by Gasteiger charge is 2.42. The number of likely N-dealkylation sites (tertiary alicyclic amines) is 1. The summed E-state index contributed by atoms with van der Waals surface area (Å²) >= 11 is 11.9. The highest BCUT2D eigenvalue weighted by molar-refractivity contribution is 7.89. The molecular formula is C42H48Cl2F6N6O7S2. The van der Waals surface area contributed by atoms with E-state index < -0.39 is 87.8 Å². The second-order valence-corrected chi connectivity index (χ2v) is 20.4. The first-order chi connectivity index (χ1) is 30.6. The Balaban J connectivity index is 0.000000193. The number of aliphatic carboxylic acids is 1. The molecule has 2 aromatic heterocycles. The molecule has 4 aromatic rings. The second kappa shape index (κ2) is 20.8. The lowest BCUT2D eigenvalue weighted by Gasteiger charge is -2.37. The topological polar surface area (TPSA) is 154 Å². The molecule has 1 amide bonds. The van der Waals surface area contributed by atoms with Crippen molar-refractivity contribution >= 4 is 55.1 Å². The van der Waals surface area contributed by atoms with Crippen LogP contribution in [-0.4, -0.2) is 95.7 Å². The summed E-state index contributed by atoms with van der Waals surface area (Å²) in [5.74, 6) is -1.34. The quantitative estimate of drug-likeness (QED) is 0.167. The summed E-state index contributed by atoms with van der Waals surface area (Å²) in [5.41, 5.74) is -0.921. The molecule has 356 valence electrons. The van der Waals surface area contributed by atoms with Crippen molar-refractivity contribution in [2.45, 2.75) is 98.7 Å². The Bertz CT molecular complexity index is 2530. The molecular weight excluding hydrogens is 950 g/mol. The molecule has 2 atom stereocenters. The van der Waals surface area contributed by atoms with Gasteiger partial charge in [-0.2, -0.15) is 35.0 Å². The number of piperidine rings is 2. The van der Waals surface area contributed by atoms with Gasteiger partial charge in [-0.15, -0.1) is 0 Å². The van der Waals surface area contributed by atoms with Crippen molar-refractivity contribution in [3.8, 4) is 0 Å². The first kappa shape index (κ1) is 50.3. The monoisotopic (exact) mass is 996 g/mol. The molecule has 65 heavy (non-hydrogen) atoms. The van der Waals surface area contributed by atoms with Gasteiger partial charge in [0, 0.05) is 69.5 Å². The SMILES string of the molecule is C1CCNCC1.O=C(CC1c2cccn2CCN1S(=O)(=O)c1ccc(C(F)(F)F)cc1Cl)N1CCCCC1.O=C(O)CC1c2cccn2CCN1S(=O)(=O)c1ccc(C(F)(F)F)cc1Cl. The van der Waals surface area contributed by atoms with Crippen molar-refractivity contribution in [2.24, 2.45) is 0 Å². The van der Waals surface area contributed by atoms with Crippen LogP contribution in [0.15, 0.2) is 82.8 Å². The summed E-state index contributed by atoms with van der Waals surface area (Å²) in [6.07, 6.45) is 0.803. The number of hydrogen-bond donors (Lipinski definition) is 2. The zero-order valence-corrected chi connectivity index (χ0v) is 38.0. The minimum atomic E-state index is -4.66. The number of halogens is 8. The summed E-state index contributed by atoms with van der Waals surface area (Å²) in [6, 6.07) is 9.28. The molecule has 4 aliphatic rings. The van der Waals surface area contributed by atoms with E-state index in [1.807, 2.05) is 10.8 Å². The van der Waals surface area contributed by atoms with E-state index in [0.29, 0.717) is 55.3 Å². The Hall–Kier alpha value is -4.12. The highest BCUT2D eigenvalue weighted by atomic mass is 35.5. The van der Waals surface area contributed by atoms with Crippen LogP contribution in [0, 0.1) is 0 Å². The van der Waals surface area contributed by atoms with E-state index in [2.05, 4.69) is 5.32 Å². The van der Waals surface area contributed by atoms with Gasteiger partial charge in [-0.05, 0) is 106 Å². The molecule has 0 aliphatic carbocycles. The fourth-order valence-corrected chi connectivity index (χ4v) is 12.5. The van der Waals surface area contributed by atoms with Crippen LogP contribution in [0.3, 0.4) is 0 Å². The van der Waals surface area contributed by atoms with Crippen molar-refractivity contribution in [2.75, 3.05) is 39.3 Å². The number of fused-ring (bicyclic) bond motifs is 2. The van der Waals surface area contributed by atoms with Gasteiger partial charge in [0.05, 0.1) is 39.7 Å². The number of carbonyl (C=O) groups excluding carboxylic acids is 1. The van der Waals surface area contributed by atoms with Crippen LogP contribution >= 0.6 is 23.2 Å². The van der Waals surface area contributed by atoms with Crippen LogP contribution in [0.2, 0.25) is 10.0 Å². The maximum Gasteiger partial charge on any atom is 0.416 e. The Morgan fingerprint density at radius 3 is 1.42 bits per heavy atom. The molecule has 8 rings (SSSR count). The average Bonchev–Trinajstić information content (AvgIpc) is 3.95. The smallest absolute Gasteiger partial charge is 0.416 e. The zero-order chi connectivity index (χ0) is 47.3. The van der Waals surface area contributed by atoms with Gasteiger partial charge in [0.2, 0.25) is 26.0 Å². The summed E-state index contributed by atoms with van der Waals surface area (Å²) in [4.78, 5) is 25.1. The van der Waals surface area contributed by atoms with E-state index in [9.17, 15) is 57.9 Å². The van der Waals surface area contributed by atoms with Crippen molar-refractivity contribution in [1.82, 2.24) is 28.0 Å². The molecule has 23 heteroatoms. The number of aromatic nitrogens is 2. The maximum absolute atomic E-state index is 13.5. The van der Waals surface area contributed by atoms with Gasteiger partial charge >= 0.3 is 18.3 Å². The summed E-state index contributed by atoms with van der Waals surface area (Å²) < 4.78 is 136. The normalized spacial score (nSPS) is 19.8. The van der Waals surface area contributed by atoms with E-state index in [1.165, 1.54) is 36.7 Å². The van der Waals surface area contributed by atoms with E-state index >= 15 is 0 Å². The maximum atomic E-state index is 13.5. The lowest BCUT2D eigenvalue weighted by Crippen LogP contribution is -2.45. The summed E-state index contributed by atoms with van der Waals surface area (Å²) in [6.45, 7) is 4.50. The minimum Gasteiger partial charge on any atom is -0.481 e. The molecule has 0 saturated carbocycles. The van der Waals surface area contributed by atoms with Crippen molar-refractivity contribution in [3.05, 3.63) is 106 Å². The van der Waals surface area contributed by atoms with Crippen LogP contribution in [0.4, 0.5) is 26.3 Å². The minimum absolute atomic E-state index is 0.0285. The van der Waals surface area contributed by atoms with Crippen LogP contribution in [0.25, 0.3) is 0 Å². The molecule has 0 bridgehead atoms. The van der Waals surface area contributed by atoms with E-state index in [4.69, 9.17) is 23.2 Å². The standard InChI is InChI=1S/C21H23ClF3N3O3S.C16H14ClF3N2O4S.C5H11N/c22-16-13-15(21(23,24)25)6-7-19(16)32(30,31)28-12-11-26-10-4-5-17(26)18(28)14-20(29)27-8-2-1-3-9-27;17-11-8-10(16(18,19)20)3-4-14(11)27(25,26)22-7-6-21-5-1-2-12(21)13(22)9-15(23)24;1-2-4-6-5-3-1/h4-7,10,13,18H,1-3,8-9,11-12,14H2;1-5,8,13H,6-7,9H2,(H,23,24);6H,1-5H2. The number of nitrogens with one attached hydrogen (secondary N) is 1. The molecule has 4 aliphatic heterocycles. The number of carboxylic acid groups (broad SMARTS) is 1. The molecule has 2 unspecified atom stereocenters. The Morgan fingerprint density at radius 1 is 0.615 bits per heavy atom. The first-order valence-electron chi connectivity index (χ1n) is 20.9. The van der Waals surface area contributed by atoms with E-state index in [0.717, 1.165) is 35.7 Å². The molecule has 2 N–H and O–H groups in total. The Labute approximate surface area is 383 Å². The van der Waals surface area contributed by atoms with Gasteiger partial charge < -0.3 is 24.5 Å². The predicted octanol–water partition coefficient (Wildman–Crippen LogP) is 8.45. The predicted molar refractivity (Wildman–Crippen MR) is 229 cm³/mol. The van der Waals surface area contributed by atoms with Crippen LogP contribution in [0.5, 0.6) is 0 Å². The number of carbonyl (C=O) groups is 2. The lowest BCUT2D eigenvalue weighted by molar-refractivity contribution is -0.139. The number of carboxylic acids is 1. The largest absolute Gasteiger partial charge is 0.481 e. The average molecular weight is 998 g/mol. The number of amides is 1. The third-order valence-electron chi connectivity index (χ3n) is 11.6. The van der Waals surface area contributed by atoms with Crippen LogP contribution < -0.4 is 5.32 Å². The number of benzene rings is 2. The molecule has 6 heterocycles. The van der Waals surface area contributed by atoms with Crippen LogP contribution in [-0.2, 0) is 55.1 Å². The molecule has 2 fully saturated rings. The molecule has 0 spiro atoms. The van der Waals surface area contributed by atoms with Gasteiger partial charge in [-0.3, -0.25) is 9.59 Å². The number of alkyl halides is 6. The molecule has 0 radical (unpaired) electrons. The molecule has 13 nitrogen and oxygen atoms in total. The van der Waals surface area contributed by atoms with Crippen molar-refractivity contribution < 1.29 is 57.9 Å². The van der Waals surface area contributed by atoms with Gasteiger partial charge in [0.25, 0.3) is 0 Å². The number of nitrogens with zero attached hydrogens (tertiary/aromatic N) is 5. The lowest BCUT2D eigenvalue weighted by atomic mass is 10.1. The molecule has 2 aromatic carbocycles. The third-order valence-corrected chi connectivity index (χ3v) is 16.4. The highest BCUT2D eigenvalue weighted by Crippen LogP contribution is 2.40. The third kappa shape index (κ3) is 11.9. The van der Waals surface area contributed by atoms with Crippen molar-refractivity contribution in [3.63, 3.8) is 0 Å². The van der Waals surface area contributed by atoms with Gasteiger partial charge in [0.1, 0.15) is 9.79 Å². The van der Waals surface area contributed by atoms with E-state index in [1.54, 1.807) is 39.9 Å². The number of sulfonamides is 2. The van der Waals surface area contributed by atoms with Gasteiger partial charge in [0.15, 0.2) is 0 Å². The number of rotatable bonds is 8.